The summed E-state index contributed by atoms with van der Waals surface area (Å²) >= 11 is 6.37. The fraction of sp³-hybridized carbons (Fsp3) is 0.304. The summed E-state index contributed by atoms with van der Waals surface area (Å²) in [5.41, 5.74) is 1.82. The van der Waals surface area contributed by atoms with Crippen molar-refractivity contribution in [2.45, 2.75) is 25.8 Å². The number of rotatable bonds is 7. The van der Waals surface area contributed by atoms with Crippen LogP contribution in [0.15, 0.2) is 59.8 Å². The van der Waals surface area contributed by atoms with Crippen LogP contribution in [0.4, 0.5) is 4.39 Å². The number of carbonyl (C=O) groups excluding carboxylic acids is 2. The zero-order valence-electron chi connectivity index (χ0n) is 16.9. The Morgan fingerprint density at radius 3 is 2.57 bits per heavy atom. The predicted molar refractivity (Wildman–Crippen MR) is 111 cm³/mol. The molecule has 3 rings (SSSR count). The molecule has 1 aliphatic heterocycles. The molecule has 0 radical (unpaired) electrons. The maximum atomic E-state index is 14.2. The molecule has 7 heteroatoms. The molecule has 1 unspecified atom stereocenters. The van der Waals surface area contributed by atoms with Gasteiger partial charge in [-0.25, -0.2) is 9.18 Å². The van der Waals surface area contributed by atoms with E-state index in [-0.39, 0.29) is 32.1 Å². The molecule has 0 N–H and O–H groups in total. The molecule has 0 bridgehead atoms. The summed E-state index contributed by atoms with van der Waals surface area (Å²) in [6, 6.07) is 13.4. The van der Waals surface area contributed by atoms with Gasteiger partial charge in [-0.1, -0.05) is 48.0 Å². The first-order valence-corrected chi connectivity index (χ1v) is 9.96. The third-order valence-electron chi connectivity index (χ3n) is 5.13. The van der Waals surface area contributed by atoms with Crippen molar-refractivity contribution >= 4 is 23.5 Å². The molecule has 1 amide bonds. The van der Waals surface area contributed by atoms with Crippen LogP contribution in [0.5, 0.6) is 0 Å². The summed E-state index contributed by atoms with van der Waals surface area (Å²) in [6.07, 6.45) is 0.0320. The third kappa shape index (κ3) is 4.71. The summed E-state index contributed by atoms with van der Waals surface area (Å²) < 4.78 is 24.5. The Morgan fingerprint density at radius 1 is 1.17 bits per heavy atom. The van der Waals surface area contributed by atoms with Crippen LogP contribution >= 0.6 is 11.6 Å². The predicted octanol–water partition coefficient (Wildman–Crippen LogP) is 4.46. The van der Waals surface area contributed by atoms with Crippen molar-refractivity contribution in [2.75, 3.05) is 20.3 Å². The van der Waals surface area contributed by atoms with Gasteiger partial charge in [0.15, 0.2) is 0 Å². The summed E-state index contributed by atoms with van der Waals surface area (Å²) in [5.74, 6) is -1.71. The van der Waals surface area contributed by atoms with Crippen LogP contribution in [-0.2, 0) is 25.6 Å². The number of methoxy groups -OCH3 is 1. The first kappa shape index (κ1) is 22.0. The van der Waals surface area contributed by atoms with Crippen LogP contribution in [0.1, 0.15) is 30.4 Å². The highest BCUT2D eigenvalue weighted by atomic mass is 35.5. The highest BCUT2D eigenvalue weighted by Gasteiger charge is 2.37. The second-order valence-corrected chi connectivity index (χ2v) is 7.38. The van der Waals surface area contributed by atoms with Crippen molar-refractivity contribution in [2.24, 2.45) is 0 Å². The van der Waals surface area contributed by atoms with Crippen LogP contribution < -0.4 is 0 Å². The van der Waals surface area contributed by atoms with Crippen LogP contribution in [0.3, 0.4) is 0 Å². The molecule has 0 aromatic heterocycles. The van der Waals surface area contributed by atoms with Crippen molar-refractivity contribution in [3.8, 4) is 0 Å². The van der Waals surface area contributed by atoms with Gasteiger partial charge in [0, 0.05) is 35.7 Å². The molecule has 1 atom stereocenters. The van der Waals surface area contributed by atoms with Gasteiger partial charge in [0.25, 0.3) is 0 Å². The molecule has 0 saturated heterocycles. The molecule has 1 heterocycles. The number of halogens is 2. The Morgan fingerprint density at radius 2 is 1.87 bits per heavy atom. The molecule has 158 valence electrons. The standard InChI is InChI=1S/C23H23ClFNO4/c1-15-22(23(28)30-12-11-29-2)18(17-8-4-5-9-19(17)24)13-21(27)26(15)14-16-7-3-6-10-20(16)25/h3-10,18H,11-14H2,1-2H3. The number of amides is 1. The van der Waals surface area contributed by atoms with Gasteiger partial charge in [0.1, 0.15) is 12.4 Å². The first-order valence-electron chi connectivity index (χ1n) is 9.59. The van der Waals surface area contributed by atoms with Crippen LogP contribution in [0, 0.1) is 5.82 Å². The van der Waals surface area contributed by atoms with Crippen molar-refractivity contribution in [1.29, 1.82) is 0 Å². The molecule has 2 aromatic carbocycles. The van der Waals surface area contributed by atoms with E-state index in [4.69, 9.17) is 21.1 Å². The second-order valence-electron chi connectivity index (χ2n) is 6.98. The second kappa shape index (κ2) is 9.87. The maximum Gasteiger partial charge on any atom is 0.336 e. The maximum absolute atomic E-state index is 14.2. The number of hydrogen-bond donors (Lipinski definition) is 0. The van der Waals surface area contributed by atoms with E-state index in [9.17, 15) is 14.0 Å². The lowest BCUT2D eigenvalue weighted by Gasteiger charge is -2.35. The number of nitrogens with zero attached hydrogens (tertiary/aromatic N) is 1. The minimum atomic E-state index is -0.543. The lowest BCUT2D eigenvalue weighted by molar-refractivity contribution is -0.141. The minimum Gasteiger partial charge on any atom is -0.460 e. The quantitative estimate of drug-likeness (QED) is 0.480. The zero-order chi connectivity index (χ0) is 21.7. The van der Waals surface area contributed by atoms with E-state index >= 15 is 0 Å². The molecule has 30 heavy (non-hydrogen) atoms. The third-order valence-corrected chi connectivity index (χ3v) is 5.47. The van der Waals surface area contributed by atoms with E-state index in [1.165, 1.54) is 18.1 Å². The Hall–Kier alpha value is -2.70. The first-order chi connectivity index (χ1) is 14.4. The van der Waals surface area contributed by atoms with Crippen molar-refractivity contribution in [3.05, 3.63) is 81.8 Å². The fourth-order valence-electron chi connectivity index (χ4n) is 3.58. The van der Waals surface area contributed by atoms with Gasteiger partial charge in [-0.05, 0) is 24.6 Å². The lowest BCUT2D eigenvalue weighted by Crippen LogP contribution is -2.38. The molecule has 5 nitrogen and oxygen atoms in total. The van der Waals surface area contributed by atoms with Gasteiger partial charge in [0.2, 0.25) is 5.91 Å². The average molecular weight is 432 g/mol. The minimum absolute atomic E-state index is 0.0292. The lowest BCUT2D eigenvalue weighted by atomic mass is 9.83. The van der Waals surface area contributed by atoms with Crippen LogP contribution in [0.2, 0.25) is 5.02 Å². The summed E-state index contributed by atoms with van der Waals surface area (Å²) in [6.45, 7) is 2.05. The SMILES string of the molecule is COCCOC(=O)C1=C(C)N(Cc2ccccc2F)C(=O)CC1c1ccccc1Cl. The molecular formula is C23H23ClFNO4. The fourth-order valence-corrected chi connectivity index (χ4v) is 3.85. The van der Waals surface area contributed by atoms with E-state index < -0.39 is 17.7 Å². The van der Waals surface area contributed by atoms with Crippen molar-refractivity contribution < 1.29 is 23.5 Å². The van der Waals surface area contributed by atoms with Gasteiger partial charge in [0.05, 0.1) is 18.7 Å². The van der Waals surface area contributed by atoms with Gasteiger partial charge >= 0.3 is 5.97 Å². The van der Waals surface area contributed by atoms with E-state index in [1.54, 1.807) is 49.4 Å². The molecular weight excluding hydrogens is 409 g/mol. The Balaban J connectivity index is 2.02. The molecule has 0 saturated carbocycles. The van der Waals surface area contributed by atoms with Gasteiger partial charge in [-0.15, -0.1) is 0 Å². The number of ether oxygens (including phenoxy) is 2. The summed E-state index contributed by atoms with van der Waals surface area (Å²) in [5, 5.41) is 0.466. The Kier molecular flexibility index (Phi) is 7.24. The normalized spacial score (nSPS) is 16.7. The topological polar surface area (TPSA) is 55.8 Å². The molecule has 0 spiro atoms. The molecule has 1 aliphatic rings. The average Bonchev–Trinajstić information content (AvgIpc) is 2.72. The largest absolute Gasteiger partial charge is 0.460 e. The number of benzene rings is 2. The van der Waals surface area contributed by atoms with E-state index in [0.29, 0.717) is 27.4 Å². The highest BCUT2D eigenvalue weighted by Crippen LogP contribution is 2.40. The molecule has 2 aromatic rings. The summed E-state index contributed by atoms with van der Waals surface area (Å²) in [4.78, 5) is 27.4. The highest BCUT2D eigenvalue weighted by molar-refractivity contribution is 6.31. The van der Waals surface area contributed by atoms with Crippen molar-refractivity contribution in [3.63, 3.8) is 0 Å². The Labute approximate surface area is 180 Å². The zero-order valence-corrected chi connectivity index (χ0v) is 17.6. The van der Waals surface area contributed by atoms with Crippen LogP contribution in [-0.4, -0.2) is 37.1 Å². The van der Waals surface area contributed by atoms with Gasteiger partial charge in [-0.3, -0.25) is 4.79 Å². The van der Waals surface area contributed by atoms with Crippen LogP contribution in [0.25, 0.3) is 0 Å². The number of carbonyl (C=O) groups is 2. The summed E-state index contributed by atoms with van der Waals surface area (Å²) in [7, 11) is 1.51. The van der Waals surface area contributed by atoms with Gasteiger partial charge < -0.3 is 14.4 Å². The van der Waals surface area contributed by atoms with E-state index in [2.05, 4.69) is 0 Å². The number of hydrogen-bond acceptors (Lipinski definition) is 4. The Bertz CT molecular complexity index is 975. The smallest absolute Gasteiger partial charge is 0.336 e. The van der Waals surface area contributed by atoms with E-state index in [1.807, 2.05) is 0 Å². The molecule has 0 fully saturated rings. The number of allylic oxidation sites excluding steroid dienone is 1. The molecule has 0 aliphatic carbocycles. The number of esters is 1. The monoisotopic (exact) mass is 431 g/mol. The van der Waals surface area contributed by atoms with Crippen molar-refractivity contribution in [1.82, 2.24) is 4.90 Å². The van der Waals surface area contributed by atoms with Gasteiger partial charge in [-0.2, -0.15) is 0 Å². The van der Waals surface area contributed by atoms with E-state index in [0.717, 1.165) is 0 Å².